The first kappa shape index (κ1) is 23.9. The molecule has 1 saturated heterocycles. The highest BCUT2D eigenvalue weighted by atomic mass is 16.6. The van der Waals surface area contributed by atoms with Gasteiger partial charge >= 0.3 is 6.09 Å². The molecule has 2 heterocycles. The number of nitro groups is 1. The van der Waals surface area contributed by atoms with Crippen LogP contribution >= 0.6 is 0 Å². The second-order valence-corrected chi connectivity index (χ2v) is 8.96. The van der Waals surface area contributed by atoms with Crippen LogP contribution in [0, 0.1) is 21.4 Å². The molecule has 3 rings (SSSR count). The van der Waals surface area contributed by atoms with Crippen LogP contribution in [0.3, 0.4) is 0 Å². The van der Waals surface area contributed by atoms with Gasteiger partial charge in [0.15, 0.2) is 0 Å². The number of nitrogens with zero attached hydrogens (tertiary/aromatic N) is 5. The Bertz CT molecular complexity index is 1090. The molecule has 1 aromatic heterocycles. The molecule has 0 aliphatic carbocycles. The number of hydrogen-bond acceptors (Lipinski definition) is 8. The lowest BCUT2D eigenvalue weighted by Crippen LogP contribution is -2.61. The molecule has 0 saturated carbocycles. The summed E-state index contributed by atoms with van der Waals surface area (Å²) < 4.78 is 5.49. The van der Waals surface area contributed by atoms with E-state index >= 15 is 0 Å². The molecular formula is C23H27N5O5. The van der Waals surface area contributed by atoms with Crippen LogP contribution in [0.15, 0.2) is 36.7 Å². The van der Waals surface area contributed by atoms with Gasteiger partial charge in [-0.25, -0.2) is 4.79 Å². The summed E-state index contributed by atoms with van der Waals surface area (Å²) in [6.07, 6.45) is 2.55. The minimum atomic E-state index is -0.669. The Balaban J connectivity index is 2.01. The molecule has 1 amide bonds. The van der Waals surface area contributed by atoms with Crippen LogP contribution in [0.1, 0.15) is 33.3 Å². The van der Waals surface area contributed by atoms with Crippen LogP contribution in [0.5, 0.6) is 0 Å². The molecule has 2 atom stereocenters. The van der Waals surface area contributed by atoms with E-state index in [-0.39, 0.29) is 31.4 Å². The fraction of sp³-hybridized carbons (Fsp3) is 0.435. The molecule has 0 spiro atoms. The van der Waals surface area contributed by atoms with Gasteiger partial charge in [0.25, 0.3) is 5.69 Å². The highest BCUT2D eigenvalue weighted by Crippen LogP contribution is 2.37. The number of nitro benzene ring substituents is 1. The lowest BCUT2D eigenvalue weighted by atomic mass is 9.99. The van der Waals surface area contributed by atoms with Crippen molar-refractivity contribution in [1.29, 1.82) is 5.26 Å². The van der Waals surface area contributed by atoms with Gasteiger partial charge in [-0.1, -0.05) is 0 Å². The van der Waals surface area contributed by atoms with Gasteiger partial charge in [-0.15, -0.1) is 0 Å². The SMILES string of the molecule is C[C@H]1CN(c2cc(-c3cnccc3C#N)ccc2[N+](=O)[O-])[C@H](CO)CN1C(=O)OC(C)(C)C. The van der Waals surface area contributed by atoms with Crippen LogP contribution < -0.4 is 4.90 Å². The highest BCUT2D eigenvalue weighted by Gasteiger charge is 2.38. The maximum atomic E-state index is 12.7. The van der Waals surface area contributed by atoms with E-state index in [1.807, 2.05) is 6.92 Å². The Hall–Kier alpha value is -3.71. The molecule has 33 heavy (non-hydrogen) atoms. The van der Waals surface area contributed by atoms with Crippen molar-refractivity contribution in [2.75, 3.05) is 24.6 Å². The van der Waals surface area contributed by atoms with Crippen molar-refractivity contribution in [1.82, 2.24) is 9.88 Å². The standard InChI is InChI=1S/C23H27N5O5/c1-15-12-27(18(14-29)13-26(15)22(30)33-23(2,3)4)21-9-16(5-6-20(21)28(31)32)19-11-25-8-7-17(19)10-24/h5-9,11,15,18,29H,12-14H2,1-4H3/t15-,18-/m0/s1. The number of benzene rings is 1. The molecule has 1 aliphatic rings. The summed E-state index contributed by atoms with van der Waals surface area (Å²) in [6.45, 7) is 7.24. The molecule has 0 radical (unpaired) electrons. The molecule has 1 aliphatic heterocycles. The fourth-order valence-electron chi connectivity index (χ4n) is 3.86. The zero-order chi connectivity index (χ0) is 24.3. The normalized spacial score (nSPS) is 18.5. The van der Waals surface area contributed by atoms with Crippen LogP contribution in [0.4, 0.5) is 16.2 Å². The number of amides is 1. The minimum absolute atomic E-state index is 0.127. The van der Waals surface area contributed by atoms with Gasteiger partial charge in [-0.3, -0.25) is 15.1 Å². The molecule has 1 aromatic carbocycles. The Morgan fingerprint density at radius 3 is 2.70 bits per heavy atom. The van der Waals surface area contributed by atoms with Gasteiger partial charge in [-0.05, 0) is 51.5 Å². The van der Waals surface area contributed by atoms with E-state index in [0.29, 0.717) is 22.4 Å². The number of carbonyl (C=O) groups excluding carboxylic acids is 1. The first-order valence-electron chi connectivity index (χ1n) is 10.6. The lowest BCUT2D eigenvalue weighted by molar-refractivity contribution is -0.384. The molecular weight excluding hydrogens is 426 g/mol. The number of aromatic nitrogens is 1. The van der Waals surface area contributed by atoms with Gasteiger partial charge in [0, 0.05) is 43.2 Å². The molecule has 0 unspecified atom stereocenters. The van der Waals surface area contributed by atoms with Gasteiger partial charge in [0.05, 0.1) is 29.2 Å². The van der Waals surface area contributed by atoms with Gasteiger partial charge in [-0.2, -0.15) is 5.26 Å². The number of aliphatic hydroxyl groups is 1. The monoisotopic (exact) mass is 453 g/mol. The predicted octanol–water partition coefficient (Wildman–Crippen LogP) is 3.33. The number of hydrogen-bond donors (Lipinski definition) is 1. The number of pyridine rings is 1. The van der Waals surface area contributed by atoms with E-state index in [4.69, 9.17) is 4.74 Å². The molecule has 10 nitrogen and oxygen atoms in total. The Labute approximate surface area is 192 Å². The van der Waals surface area contributed by atoms with Crippen molar-refractivity contribution < 1.29 is 19.6 Å². The number of piperazine rings is 1. The van der Waals surface area contributed by atoms with Crippen molar-refractivity contribution in [3.8, 4) is 17.2 Å². The number of ether oxygens (including phenoxy) is 1. The minimum Gasteiger partial charge on any atom is -0.444 e. The largest absolute Gasteiger partial charge is 0.444 e. The molecule has 174 valence electrons. The Morgan fingerprint density at radius 2 is 2.09 bits per heavy atom. The molecule has 2 aromatic rings. The van der Waals surface area contributed by atoms with E-state index in [1.165, 1.54) is 23.4 Å². The third-order valence-electron chi connectivity index (χ3n) is 5.41. The quantitative estimate of drug-likeness (QED) is 0.550. The van der Waals surface area contributed by atoms with Crippen molar-refractivity contribution in [2.45, 2.75) is 45.4 Å². The Kier molecular flexibility index (Phi) is 6.84. The lowest BCUT2D eigenvalue weighted by Gasteiger charge is -2.45. The molecule has 1 fully saturated rings. The molecule has 0 bridgehead atoms. The number of carbonyl (C=O) groups is 1. The van der Waals surface area contributed by atoms with Gasteiger partial charge < -0.3 is 19.6 Å². The first-order valence-corrected chi connectivity index (χ1v) is 10.6. The van der Waals surface area contributed by atoms with Crippen LogP contribution in [0.25, 0.3) is 11.1 Å². The summed E-state index contributed by atoms with van der Waals surface area (Å²) in [6, 6.07) is 7.39. The maximum Gasteiger partial charge on any atom is 0.410 e. The smallest absolute Gasteiger partial charge is 0.410 e. The van der Waals surface area contributed by atoms with Crippen molar-refractivity contribution >= 4 is 17.5 Å². The maximum absolute atomic E-state index is 12.7. The molecule has 1 N–H and O–H groups in total. The second kappa shape index (κ2) is 9.42. The van der Waals surface area contributed by atoms with E-state index in [1.54, 1.807) is 43.9 Å². The van der Waals surface area contributed by atoms with E-state index in [0.717, 1.165) is 0 Å². The summed E-state index contributed by atoms with van der Waals surface area (Å²) in [5.41, 5.74) is 1.05. The number of rotatable bonds is 4. The average Bonchev–Trinajstić information content (AvgIpc) is 2.77. The average molecular weight is 453 g/mol. The summed E-state index contributed by atoms with van der Waals surface area (Å²) in [5, 5.41) is 31.3. The van der Waals surface area contributed by atoms with Crippen LogP contribution in [-0.2, 0) is 4.74 Å². The van der Waals surface area contributed by atoms with Gasteiger partial charge in [0.1, 0.15) is 11.3 Å². The first-order chi connectivity index (χ1) is 15.6. The van der Waals surface area contributed by atoms with Crippen LogP contribution in [0.2, 0.25) is 0 Å². The third-order valence-corrected chi connectivity index (χ3v) is 5.41. The van der Waals surface area contributed by atoms with E-state index in [9.17, 15) is 25.3 Å². The zero-order valence-electron chi connectivity index (χ0n) is 19.1. The second-order valence-electron chi connectivity index (χ2n) is 8.96. The van der Waals surface area contributed by atoms with Crippen molar-refractivity contribution in [2.24, 2.45) is 0 Å². The summed E-state index contributed by atoms with van der Waals surface area (Å²) in [4.78, 5) is 31.4. The van der Waals surface area contributed by atoms with Crippen molar-refractivity contribution in [3.63, 3.8) is 0 Å². The number of nitriles is 1. The predicted molar refractivity (Wildman–Crippen MR) is 122 cm³/mol. The van der Waals surface area contributed by atoms with Gasteiger partial charge in [0.2, 0.25) is 0 Å². The number of aliphatic hydroxyl groups excluding tert-OH is 1. The van der Waals surface area contributed by atoms with Crippen molar-refractivity contribution in [3.05, 3.63) is 52.3 Å². The number of anilines is 1. The third kappa shape index (κ3) is 5.21. The summed E-state index contributed by atoms with van der Waals surface area (Å²) >= 11 is 0. The topological polar surface area (TPSA) is 133 Å². The fourth-order valence-corrected chi connectivity index (χ4v) is 3.86. The van der Waals surface area contributed by atoms with Crippen LogP contribution in [-0.4, -0.2) is 63.4 Å². The van der Waals surface area contributed by atoms with E-state index in [2.05, 4.69) is 11.1 Å². The zero-order valence-corrected chi connectivity index (χ0v) is 19.1. The van der Waals surface area contributed by atoms with E-state index < -0.39 is 22.7 Å². The highest BCUT2D eigenvalue weighted by molar-refractivity contribution is 5.78. The summed E-state index contributed by atoms with van der Waals surface area (Å²) in [7, 11) is 0. The summed E-state index contributed by atoms with van der Waals surface area (Å²) in [5.74, 6) is 0. The molecule has 10 heteroatoms. The Morgan fingerprint density at radius 1 is 1.36 bits per heavy atom.